The maximum Gasteiger partial charge on any atom is 0.321 e. The minimum Gasteiger partial charge on any atom is -0.444 e. The van der Waals surface area contributed by atoms with Crippen LogP contribution >= 0.6 is 0 Å². The van der Waals surface area contributed by atoms with Crippen molar-refractivity contribution in [3.8, 4) is 11.3 Å². The number of urea groups is 1. The predicted octanol–water partition coefficient (Wildman–Crippen LogP) is 3.52. The van der Waals surface area contributed by atoms with Crippen molar-refractivity contribution in [3.05, 3.63) is 48.6 Å². The highest BCUT2D eigenvalue weighted by Gasteiger charge is 2.24. The van der Waals surface area contributed by atoms with Gasteiger partial charge in [0, 0.05) is 37.7 Å². The van der Waals surface area contributed by atoms with Gasteiger partial charge >= 0.3 is 6.03 Å². The molecule has 4 rings (SSSR count). The fourth-order valence-corrected chi connectivity index (χ4v) is 3.33. The van der Waals surface area contributed by atoms with E-state index in [4.69, 9.17) is 8.94 Å². The van der Waals surface area contributed by atoms with Gasteiger partial charge in [0.15, 0.2) is 18.0 Å². The average Bonchev–Trinajstić information content (AvgIpc) is 3.35. The van der Waals surface area contributed by atoms with Gasteiger partial charge in [0.25, 0.3) is 0 Å². The van der Waals surface area contributed by atoms with E-state index in [0.717, 1.165) is 49.4 Å². The number of benzene rings is 1. The van der Waals surface area contributed by atoms with Crippen LogP contribution in [0.2, 0.25) is 0 Å². The summed E-state index contributed by atoms with van der Waals surface area (Å²) in [6.45, 7) is 3.23. The molecular formula is C19H21N5O3. The van der Waals surface area contributed by atoms with Crippen LogP contribution in [0, 0.1) is 12.8 Å². The molecule has 3 aromatic rings. The van der Waals surface area contributed by atoms with Crippen molar-refractivity contribution in [2.24, 2.45) is 5.92 Å². The number of aryl methyl sites for hydroxylation is 1. The van der Waals surface area contributed by atoms with E-state index in [1.54, 1.807) is 13.1 Å². The van der Waals surface area contributed by atoms with Gasteiger partial charge in [-0.25, -0.2) is 9.78 Å². The number of oxazole rings is 1. The molecule has 27 heavy (non-hydrogen) atoms. The third-order valence-electron chi connectivity index (χ3n) is 4.77. The zero-order chi connectivity index (χ0) is 18.6. The largest absolute Gasteiger partial charge is 0.444 e. The van der Waals surface area contributed by atoms with Gasteiger partial charge < -0.3 is 19.2 Å². The highest BCUT2D eigenvalue weighted by atomic mass is 16.5. The summed E-state index contributed by atoms with van der Waals surface area (Å²) in [7, 11) is 0. The molecule has 2 aromatic heterocycles. The van der Waals surface area contributed by atoms with Gasteiger partial charge in [-0.1, -0.05) is 17.3 Å². The van der Waals surface area contributed by atoms with E-state index in [0.29, 0.717) is 17.6 Å². The van der Waals surface area contributed by atoms with Gasteiger partial charge in [-0.3, -0.25) is 0 Å². The van der Waals surface area contributed by atoms with E-state index in [9.17, 15) is 4.79 Å². The quantitative estimate of drug-likeness (QED) is 0.758. The van der Waals surface area contributed by atoms with Crippen LogP contribution in [0.15, 0.2) is 45.8 Å². The predicted molar refractivity (Wildman–Crippen MR) is 98.0 cm³/mol. The molecule has 1 aliphatic rings. The minimum absolute atomic E-state index is 0.0847. The van der Waals surface area contributed by atoms with Gasteiger partial charge in [0.05, 0.1) is 6.20 Å². The molecule has 140 valence electrons. The zero-order valence-electron chi connectivity index (χ0n) is 15.1. The fourth-order valence-electron chi connectivity index (χ4n) is 3.33. The number of anilines is 1. The Morgan fingerprint density at radius 3 is 2.89 bits per heavy atom. The molecule has 8 nitrogen and oxygen atoms in total. The molecule has 0 atom stereocenters. The number of piperidine rings is 1. The number of hydrogen-bond acceptors (Lipinski definition) is 6. The maximum absolute atomic E-state index is 12.6. The Balaban J connectivity index is 1.31. The highest BCUT2D eigenvalue weighted by Crippen LogP contribution is 2.24. The maximum atomic E-state index is 12.6. The number of nitrogens with zero attached hydrogens (tertiary/aromatic N) is 4. The van der Waals surface area contributed by atoms with Crippen molar-refractivity contribution in [1.29, 1.82) is 0 Å². The van der Waals surface area contributed by atoms with Crippen LogP contribution in [-0.2, 0) is 6.42 Å². The molecule has 0 bridgehead atoms. The van der Waals surface area contributed by atoms with Gasteiger partial charge in [0.1, 0.15) is 0 Å². The normalized spacial score (nSPS) is 15.1. The van der Waals surface area contributed by atoms with Crippen LogP contribution in [0.1, 0.15) is 24.6 Å². The molecule has 3 heterocycles. The molecule has 1 N–H and O–H groups in total. The summed E-state index contributed by atoms with van der Waals surface area (Å²) in [6, 6.07) is 7.46. The van der Waals surface area contributed by atoms with E-state index in [1.165, 1.54) is 6.39 Å². The van der Waals surface area contributed by atoms with E-state index >= 15 is 0 Å². The summed E-state index contributed by atoms with van der Waals surface area (Å²) in [6.07, 6.45) is 5.70. The van der Waals surface area contributed by atoms with Crippen LogP contribution < -0.4 is 5.32 Å². The second-order valence-electron chi connectivity index (χ2n) is 6.74. The first kappa shape index (κ1) is 17.3. The van der Waals surface area contributed by atoms with Crippen molar-refractivity contribution in [2.75, 3.05) is 18.4 Å². The topological polar surface area (TPSA) is 97.3 Å². The van der Waals surface area contributed by atoms with Crippen LogP contribution in [0.3, 0.4) is 0 Å². The summed E-state index contributed by atoms with van der Waals surface area (Å²) in [5.41, 5.74) is 1.61. The minimum atomic E-state index is -0.0847. The molecule has 1 aromatic carbocycles. The first-order valence-electron chi connectivity index (χ1n) is 9.01. The van der Waals surface area contributed by atoms with Crippen molar-refractivity contribution in [3.63, 3.8) is 0 Å². The molecule has 1 saturated heterocycles. The number of hydrogen-bond donors (Lipinski definition) is 1. The van der Waals surface area contributed by atoms with Crippen LogP contribution in [0.4, 0.5) is 10.5 Å². The number of carbonyl (C=O) groups is 1. The molecule has 8 heteroatoms. The lowest BCUT2D eigenvalue weighted by atomic mass is 9.93. The Morgan fingerprint density at radius 1 is 1.33 bits per heavy atom. The summed E-state index contributed by atoms with van der Waals surface area (Å²) in [5.74, 6) is 2.48. The molecule has 0 unspecified atom stereocenters. The lowest BCUT2D eigenvalue weighted by Gasteiger charge is -2.31. The highest BCUT2D eigenvalue weighted by molar-refractivity contribution is 5.90. The standard InChI is InChI=1S/C19H21N5O3/c1-13-21-18(23-27-13)9-14-5-7-24(8-6-14)19(25)22-16-4-2-3-15(10-16)17-11-20-12-26-17/h2-4,10-12,14H,5-9H2,1H3,(H,22,25). The van der Waals surface area contributed by atoms with Crippen molar-refractivity contribution in [2.45, 2.75) is 26.2 Å². The average molecular weight is 367 g/mol. The molecule has 1 fully saturated rings. The number of rotatable bonds is 4. The first-order valence-corrected chi connectivity index (χ1v) is 9.01. The SMILES string of the molecule is Cc1nc(CC2CCN(C(=O)Nc3cccc(-c4cnco4)c3)CC2)no1. The number of likely N-dealkylation sites (tertiary alicyclic amines) is 1. The molecule has 2 amide bonds. The Morgan fingerprint density at radius 2 is 2.19 bits per heavy atom. The lowest BCUT2D eigenvalue weighted by molar-refractivity contribution is 0.181. The lowest BCUT2D eigenvalue weighted by Crippen LogP contribution is -2.41. The Kier molecular flexibility index (Phi) is 4.86. The molecule has 0 radical (unpaired) electrons. The third-order valence-corrected chi connectivity index (χ3v) is 4.77. The molecule has 0 spiro atoms. The Hall–Kier alpha value is -3.16. The smallest absolute Gasteiger partial charge is 0.321 e. The number of carbonyl (C=O) groups excluding carboxylic acids is 1. The zero-order valence-corrected chi connectivity index (χ0v) is 15.1. The Bertz CT molecular complexity index is 898. The van der Waals surface area contributed by atoms with E-state index in [-0.39, 0.29) is 6.03 Å². The number of nitrogens with one attached hydrogen (secondary N) is 1. The Labute approximate surface area is 156 Å². The van der Waals surface area contributed by atoms with Gasteiger partial charge in [0.2, 0.25) is 5.89 Å². The number of aromatic nitrogens is 3. The van der Waals surface area contributed by atoms with E-state index < -0.39 is 0 Å². The molecule has 0 aliphatic carbocycles. The second-order valence-corrected chi connectivity index (χ2v) is 6.74. The summed E-state index contributed by atoms with van der Waals surface area (Å²) in [5, 5.41) is 6.93. The third kappa shape index (κ3) is 4.16. The summed E-state index contributed by atoms with van der Waals surface area (Å²) < 4.78 is 10.3. The molecular weight excluding hydrogens is 346 g/mol. The van der Waals surface area contributed by atoms with Crippen molar-refractivity contribution < 1.29 is 13.7 Å². The summed E-state index contributed by atoms with van der Waals surface area (Å²) >= 11 is 0. The summed E-state index contributed by atoms with van der Waals surface area (Å²) in [4.78, 5) is 22.6. The van der Waals surface area contributed by atoms with Gasteiger partial charge in [-0.05, 0) is 30.9 Å². The van der Waals surface area contributed by atoms with Gasteiger partial charge in [-0.2, -0.15) is 4.98 Å². The first-order chi connectivity index (χ1) is 13.2. The van der Waals surface area contributed by atoms with Gasteiger partial charge in [-0.15, -0.1) is 0 Å². The van der Waals surface area contributed by atoms with Crippen LogP contribution in [0.25, 0.3) is 11.3 Å². The fraction of sp³-hybridized carbons (Fsp3) is 0.368. The van der Waals surface area contributed by atoms with Crippen LogP contribution in [0.5, 0.6) is 0 Å². The van der Waals surface area contributed by atoms with Crippen molar-refractivity contribution in [1.82, 2.24) is 20.0 Å². The van der Waals surface area contributed by atoms with E-state index in [1.807, 2.05) is 29.2 Å². The molecule has 1 aliphatic heterocycles. The second kappa shape index (κ2) is 7.61. The van der Waals surface area contributed by atoms with Crippen molar-refractivity contribution >= 4 is 11.7 Å². The number of amides is 2. The van der Waals surface area contributed by atoms with E-state index in [2.05, 4.69) is 20.4 Å². The monoisotopic (exact) mass is 367 g/mol. The van der Waals surface area contributed by atoms with Crippen LogP contribution in [-0.4, -0.2) is 39.1 Å². The molecule has 0 saturated carbocycles.